The van der Waals surface area contributed by atoms with Crippen LogP contribution in [0.3, 0.4) is 0 Å². The predicted molar refractivity (Wildman–Crippen MR) is 71.7 cm³/mol. The van der Waals surface area contributed by atoms with Crippen molar-refractivity contribution >= 4 is 0 Å². The normalized spacial score (nSPS) is 19.3. The fourth-order valence-corrected chi connectivity index (χ4v) is 2.09. The summed E-state index contributed by atoms with van der Waals surface area (Å²) in [6.45, 7) is 14.1. The largest absolute Gasteiger partial charge is 0.317 e. The van der Waals surface area contributed by atoms with E-state index in [1.165, 1.54) is 38.9 Å². The van der Waals surface area contributed by atoms with Crippen molar-refractivity contribution in [3.8, 4) is 0 Å². The first-order valence-corrected chi connectivity index (χ1v) is 6.94. The van der Waals surface area contributed by atoms with Gasteiger partial charge in [-0.2, -0.15) is 0 Å². The third-order valence-corrected chi connectivity index (χ3v) is 4.33. The van der Waals surface area contributed by atoms with Crippen molar-refractivity contribution in [3.63, 3.8) is 0 Å². The van der Waals surface area contributed by atoms with Gasteiger partial charge in [0.15, 0.2) is 0 Å². The van der Waals surface area contributed by atoms with Crippen molar-refractivity contribution in [1.29, 1.82) is 0 Å². The van der Waals surface area contributed by atoms with E-state index in [1.54, 1.807) is 0 Å². The van der Waals surface area contributed by atoms with Gasteiger partial charge in [0, 0.05) is 6.54 Å². The van der Waals surface area contributed by atoms with Crippen LogP contribution in [-0.2, 0) is 0 Å². The highest BCUT2D eigenvalue weighted by atomic mass is 14.9. The molecule has 1 saturated heterocycles. The number of piperidine rings is 1. The molecular weight excluding hydrogens is 196 g/mol. The average Bonchev–Trinajstić information content (AvgIpc) is 2.26. The van der Waals surface area contributed by atoms with E-state index in [0.717, 1.165) is 18.4 Å². The zero-order valence-electron chi connectivity index (χ0n) is 11.6. The van der Waals surface area contributed by atoms with Crippen molar-refractivity contribution < 1.29 is 0 Å². The Bertz CT molecular complexity index is 181. The average molecular weight is 226 g/mol. The standard InChI is InChI=1S/C14H30N2/c1-12(2)14(3,4)11-16-10-7-13-5-8-15-9-6-13/h12-13,15-16H,5-11H2,1-4H3. The molecule has 0 saturated carbocycles. The molecule has 1 fully saturated rings. The third-order valence-electron chi connectivity index (χ3n) is 4.33. The molecule has 1 aliphatic heterocycles. The molecule has 0 bridgehead atoms. The number of rotatable bonds is 6. The summed E-state index contributed by atoms with van der Waals surface area (Å²) in [6, 6.07) is 0. The van der Waals surface area contributed by atoms with Crippen molar-refractivity contribution in [2.45, 2.75) is 47.0 Å². The van der Waals surface area contributed by atoms with Crippen LogP contribution < -0.4 is 10.6 Å². The van der Waals surface area contributed by atoms with Crippen LogP contribution in [0.1, 0.15) is 47.0 Å². The highest BCUT2D eigenvalue weighted by molar-refractivity contribution is 4.76. The van der Waals surface area contributed by atoms with E-state index < -0.39 is 0 Å². The number of hydrogen-bond acceptors (Lipinski definition) is 2. The maximum Gasteiger partial charge on any atom is 0.000497 e. The second kappa shape index (κ2) is 6.61. The molecule has 1 heterocycles. The zero-order valence-corrected chi connectivity index (χ0v) is 11.6. The molecular formula is C14H30N2. The zero-order chi connectivity index (χ0) is 12.0. The van der Waals surface area contributed by atoms with Crippen molar-refractivity contribution in [2.75, 3.05) is 26.2 Å². The first-order valence-electron chi connectivity index (χ1n) is 6.94. The maximum atomic E-state index is 3.63. The summed E-state index contributed by atoms with van der Waals surface area (Å²) in [6.07, 6.45) is 4.10. The van der Waals surface area contributed by atoms with Crippen LogP contribution in [0.15, 0.2) is 0 Å². The van der Waals surface area contributed by atoms with Crippen molar-refractivity contribution in [2.24, 2.45) is 17.3 Å². The topological polar surface area (TPSA) is 24.1 Å². The Hall–Kier alpha value is -0.0800. The van der Waals surface area contributed by atoms with E-state index >= 15 is 0 Å². The summed E-state index contributed by atoms with van der Waals surface area (Å²) in [5.41, 5.74) is 0.425. The number of nitrogens with one attached hydrogen (secondary N) is 2. The van der Waals surface area contributed by atoms with Gasteiger partial charge in [0.1, 0.15) is 0 Å². The van der Waals surface area contributed by atoms with Crippen molar-refractivity contribution in [1.82, 2.24) is 10.6 Å². The smallest absolute Gasteiger partial charge is 0.000497 e. The van der Waals surface area contributed by atoms with Crippen LogP contribution in [0.25, 0.3) is 0 Å². The molecule has 2 heteroatoms. The minimum Gasteiger partial charge on any atom is -0.317 e. The molecule has 16 heavy (non-hydrogen) atoms. The van der Waals surface area contributed by atoms with Crippen LogP contribution in [0.5, 0.6) is 0 Å². The van der Waals surface area contributed by atoms with E-state index in [4.69, 9.17) is 0 Å². The molecule has 0 unspecified atom stereocenters. The fraction of sp³-hybridized carbons (Fsp3) is 1.00. The molecule has 2 N–H and O–H groups in total. The van der Waals surface area contributed by atoms with Crippen molar-refractivity contribution in [3.05, 3.63) is 0 Å². The highest BCUT2D eigenvalue weighted by Gasteiger charge is 2.21. The Morgan fingerprint density at radius 2 is 1.88 bits per heavy atom. The fourth-order valence-electron chi connectivity index (χ4n) is 2.09. The Kier molecular flexibility index (Phi) is 5.77. The number of hydrogen-bond donors (Lipinski definition) is 2. The summed E-state index contributed by atoms with van der Waals surface area (Å²) in [7, 11) is 0. The molecule has 1 rings (SSSR count). The van der Waals surface area contributed by atoms with Crippen LogP contribution >= 0.6 is 0 Å². The van der Waals surface area contributed by atoms with Gasteiger partial charge in [-0.1, -0.05) is 27.7 Å². The monoisotopic (exact) mass is 226 g/mol. The molecule has 2 nitrogen and oxygen atoms in total. The Labute approximate surface area is 102 Å². The lowest BCUT2D eigenvalue weighted by atomic mass is 9.81. The highest BCUT2D eigenvalue weighted by Crippen LogP contribution is 2.24. The van der Waals surface area contributed by atoms with Gasteiger partial charge in [0.2, 0.25) is 0 Å². The van der Waals surface area contributed by atoms with Gasteiger partial charge in [0.05, 0.1) is 0 Å². The SMILES string of the molecule is CC(C)C(C)(C)CNCCC1CCNCC1. The molecule has 0 atom stereocenters. The van der Waals surface area contributed by atoms with E-state index in [0.29, 0.717) is 5.41 Å². The molecule has 96 valence electrons. The van der Waals surface area contributed by atoms with Gasteiger partial charge < -0.3 is 10.6 Å². The molecule has 0 radical (unpaired) electrons. The van der Waals surface area contributed by atoms with Gasteiger partial charge in [-0.25, -0.2) is 0 Å². The lowest BCUT2D eigenvalue weighted by Crippen LogP contribution is -2.35. The lowest BCUT2D eigenvalue weighted by Gasteiger charge is -2.30. The van der Waals surface area contributed by atoms with Crippen LogP contribution in [0, 0.1) is 17.3 Å². The van der Waals surface area contributed by atoms with Gasteiger partial charge in [0.25, 0.3) is 0 Å². The summed E-state index contributed by atoms with van der Waals surface area (Å²) in [5.74, 6) is 1.70. The van der Waals surface area contributed by atoms with E-state index in [-0.39, 0.29) is 0 Å². The minimum atomic E-state index is 0.425. The molecule has 0 aromatic heterocycles. The molecule has 1 aliphatic rings. The molecule has 0 aliphatic carbocycles. The predicted octanol–water partition coefficient (Wildman–Crippen LogP) is 2.65. The summed E-state index contributed by atoms with van der Waals surface area (Å²) >= 11 is 0. The summed E-state index contributed by atoms with van der Waals surface area (Å²) in [5, 5.41) is 7.06. The maximum absolute atomic E-state index is 3.63. The molecule has 0 amide bonds. The van der Waals surface area contributed by atoms with Crippen LogP contribution in [0.4, 0.5) is 0 Å². The minimum absolute atomic E-state index is 0.425. The Morgan fingerprint density at radius 1 is 1.25 bits per heavy atom. The van der Waals surface area contributed by atoms with Gasteiger partial charge in [-0.3, -0.25) is 0 Å². The first-order chi connectivity index (χ1) is 7.52. The first kappa shape index (κ1) is 14.0. The lowest BCUT2D eigenvalue weighted by molar-refractivity contribution is 0.234. The van der Waals surface area contributed by atoms with Gasteiger partial charge >= 0.3 is 0 Å². The van der Waals surface area contributed by atoms with Gasteiger partial charge in [-0.05, 0) is 56.1 Å². The summed E-state index contributed by atoms with van der Waals surface area (Å²) in [4.78, 5) is 0. The third kappa shape index (κ3) is 4.84. The Morgan fingerprint density at radius 3 is 2.44 bits per heavy atom. The summed E-state index contributed by atoms with van der Waals surface area (Å²) < 4.78 is 0. The molecule has 0 aromatic carbocycles. The van der Waals surface area contributed by atoms with Gasteiger partial charge in [-0.15, -0.1) is 0 Å². The van der Waals surface area contributed by atoms with E-state index in [9.17, 15) is 0 Å². The van der Waals surface area contributed by atoms with Crippen LogP contribution in [0.2, 0.25) is 0 Å². The second-order valence-corrected chi connectivity index (χ2v) is 6.30. The van der Waals surface area contributed by atoms with E-state index in [1.807, 2.05) is 0 Å². The van der Waals surface area contributed by atoms with E-state index in [2.05, 4.69) is 38.3 Å². The second-order valence-electron chi connectivity index (χ2n) is 6.30. The quantitative estimate of drug-likeness (QED) is 0.680. The molecule has 0 aromatic rings. The van der Waals surface area contributed by atoms with Crippen LogP contribution in [-0.4, -0.2) is 26.2 Å². The molecule has 0 spiro atoms. The Balaban J connectivity index is 2.06.